The fourth-order valence-corrected chi connectivity index (χ4v) is 3.65. The molecule has 0 amide bonds. The molecule has 0 bridgehead atoms. The Kier molecular flexibility index (Phi) is 4.66. The van der Waals surface area contributed by atoms with E-state index in [1.165, 1.54) is 0 Å². The number of fused-ring (bicyclic) bond motifs is 1. The molecule has 0 atom stereocenters. The molecule has 0 unspecified atom stereocenters. The van der Waals surface area contributed by atoms with E-state index in [-0.39, 0.29) is 4.90 Å². The SMILES string of the molecule is CNCCNS(=O)(=O)c1ccc(-c2ccnc3[nH]c(C)cc23)cc1. The Morgan fingerprint density at radius 3 is 2.58 bits per heavy atom. The maximum atomic E-state index is 12.2. The molecular formula is C17H20N4O2S. The van der Waals surface area contributed by atoms with Crippen LogP contribution in [0.15, 0.2) is 47.5 Å². The van der Waals surface area contributed by atoms with Gasteiger partial charge in [0.1, 0.15) is 5.65 Å². The third kappa shape index (κ3) is 3.33. The van der Waals surface area contributed by atoms with E-state index in [1.54, 1.807) is 25.4 Å². The van der Waals surface area contributed by atoms with Crippen LogP contribution in [0.5, 0.6) is 0 Å². The lowest BCUT2D eigenvalue weighted by Crippen LogP contribution is -2.30. The summed E-state index contributed by atoms with van der Waals surface area (Å²) in [5.74, 6) is 0. The Bertz CT molecular complexity index is 946. The number of hydrogen-bond donors (Lipinski definition) is 3. The van der Waals surface area contributed by atoms with Crippen LogP contribution in [-0.2, 0) is 10.0 Å². The van der Waals surface area contributed by atoms with Crippen molar-refractivity contribution < 1.29 is 8.42 Å². The third-order valence-electron chi connectivity index (χ3n) is 3.81. The van der Waals surface area contributed by atoms with Gasteiger partial charge in [0.15, 0.2) is 0 Å². The van der Waals surface area contributed by atoms with Crippen molar-refractivity contribution in [2.24, 2.45) is 0 Å². The predicted octanol–water partition coefficient (Wildman–Crippen LogP) is 2.04. The van der Waals surface area contributed by atoms with E-state index in [0.29, 0.717) is 13.1 Å². The van der Waals surface area contributed by atoms with Crippen molar-refractivity contribution >= 4 is 21.1 Å². The Morgan fingerprint density at radius 2 is 1.88 bits per heavy atom. The average molecular weight is 344 g/mol. The van der Waals surface area contributed by atoms with Crippen LogP contribution < -0.4 is 10.0 Å². The summed E-state index contributed by atoms with van der Waals surface area (Å²) in [6.07, 6.45) is 1.75. The molecule has 0 radical (unpaired) electrons. The van der Waals surface area contributed by atoms with Gasteiger partial charge in [-0.3, -0.25) is 0 Å². The topological polar surface area (TPSA) is 86.9 Å². The van der Waals surface area contributed by atoms with Crippen LogP contribution in [0.4, 0.5) is 0 Å². The number of rotatable bonds is 6. The highest BCUT2D eigenvalue weighted by Gasteiger charge is 2.14. The molecule has 0 fully saturated rings. The van der Waals surface area contributed by atoms with Crippen molar-refractivity contribution in [2.45, 2.75) is 11.8 Å². The van der Waals surface area contributed by atoms with Gasteiger partial charge in [0.05, 0.1) is 4.90 Å². The van der Waals surface area contributed by atoms with Gasteiger partial charge in [-0.2, -0.15) is 0 Å². The number of nitrogens with zero attached hydrogens (tertiary/aromatic N) is 1. The minimum atomic E-state index is -3.48. The van der Waals surface area contributed by atoms with Crippen molar-refractivity contribution in [1.29, 1.82) is 0 Å². The quantitative estimate of drug-likeness (QED) is 0.597. The van der Waals surface area contributed by atoms with Crippen LogP contribution in [0.3, 0.4) is 0 Å². The van der Waals surface area contributed by atoms with Gasteiger partial charge in [-0.1, -0.05) is 12.1 Å². The molecule has 1 aromatic carbocycles. The van der Waals surface area contributed by atoms with Crippen molar-refractivity contribution in [3.05, 3.63) is 48.3 Å². The molecule has 0 saturated carbocycles. The summed E-state index contributed by atoms with van der Waals surface area (Å²) in [6, 6.07) is 10.9. The van der Waals surface area contributed by atoms with Gasteiger partial charge < -0.3 is 10.3 Å². The van der Waals surface area contributed by atoms with Gasteiger partial charge in [0.2, 0.25) is 10.0 Å². The average Bonchev–Trinajstić information content (AvgIpc) is 2.95. The monoisotopic (exact) mass is 344 g/mol. The highest BCUT2D eigenvalue weighted by molar-refractivity contribution is 7.89. The molecule has 3 rings (SSSR count). The maximum absolute atomic E-state index is 12.2. The van der Waals surface area contributed by atoms with E-state index < -0.39 is 10.0 Å². The summed E-state index contributed by atoms with van der Waals surface area (Å²) in [5.41, 5.74) is 3.85. The minimum absolute atomic E-state index is 0.262. The number of benzene rings is 1. The Morgan fingerprint density at radius 1 is 1.12 bits per heavy atom. The summed E-state index contributed by atoms with van der Waals surface area (Å²) >= 11 is 0. The van der Waals surface area contributed by atoms with E-state index in [9.17, 15) is 8.42 Å². The Hall–Kier alpha value is -2.22. The van der Waals surface area contributed by atoms with Gasteiger partial charge in [0.25, 0.3) is 0 Å². The molecule has 0 aliphatic rings. The van der Waals surface area contributed by atoms with Gasteiger partial charge in [0, 0.05) is 30.4 Å². The molecule has 3 N–H and O–H groups in total. The Labute approximate surface area is 141 Å². The Balaban J connectivity index is 1.91. The number of aromatic nitrogens is 2. The first-order chi connectivity index (χ1) is 11.5. The standard InChI is InChI=1S/C17H20N4O2S/c1-12-11-16-15(7-8-19-17(16)21-12)13-3-5-14(6-4-13)24(22,23)20-10-9-18-2/h3-8,11,18,20H,9-10H2,1-2H3,(H,19,21). The van der Waals surface area contributed by atoms with E-state index in [0.717, 1.165) is 27.9 Å². The van der Waals surface area contributed by atoms with Gasteiger partial charge >= 0.3 is 0 Å². The van der Waals surface area contributed by atoms with Crippen molar-refractivity contribution in [3.63, 3.8) is 0 Å². The van der Waals surface area contributed by atoms with E-state index in [4.69, 9.17) is 0 Å². The summed E-state index contributed by atoms with van der Waals surface area (Å²) in [5, 5.41) is 3.93. The number of aromatic amines is 1. The van der Waals surface area contributed by atoms with Crippen LogP contribution >= 0.6 is 0 Å². The lowest BCUT2D eigenvalue weighted by molar-refractivity contribution is 0.579. The number of hydrogen-bond acceptors (Lipinski definition) is 4. The van der Waals surface area contributed by atoms with Crippen LogP contribution in [0.2, 0.25) is 0 Å². The highest BCUT2D eigenvalue weighted by atomic mass is 32.2. The lowest BCUT2D eigenvalue weighted by Gasteiger charge is -2.08. The zero-order chi connectivity index (χ0) is 17.2. The smallest absolute Gasteiger partial charge is 0.240 e. The highest BCUT2D eigenvalue weighted by Crippen LogP contribution is 2.28. The molecule has 7 heteroatoms. The van der Waals surface area contributed by atoms with Crippen molar-refractivity contribution in [2.75, 3.05) is 20.1 Å². The fourth-order valence-electron chi connectivity index (χ4n) is 2.62. The maximum Gasteiger partial charge on any atom is 0.240 e. The van der Waals surface area contributed by atoms with E-state index >= 15 is 0 Å². The summed E-state index contributed by atoms with van der Waals surface area (Å²) in [7, 11) is -1.70. The minimum Gasteiger partial charge on any atom is -0.344 e. The second-order valence-corrected chi connectivity index (χ2v) is 7.37. The van der Waals surface area contributed by atoms with E-state index in [2.05, 4.69) is 20.0 Å². The number of aryl methyl sites for hydroxylation is 1. The molecule has 24 heavy (non-hydrogen) atoms. The first kappa shape index (κ1) is 16.6. The summed E-state index contributed by atoms with van der Waals surface area (Å²) in [6.45, 7) is 2.92. The van der Waals surface area contributed by atoms with Crippen LogP contribution in [-0.4, -0.2) is 38.5 Å². The molecule has 126 valence electrons. The first-order valence-electron chi connectivity index (χ1n) is 7.70. The second-order valence-electron chi connectivity index (χ2n) is 5.60. The van der Waals surface area contributed by atoms with Crippen molar-refractivity contribution in [3.8, 4) is 11.1 Å². The number of H-pyrrole nitrogens is 1. The molecule has 0 spiro atoms. The number of nitrogens with one attached hydrogen (secondary N) is 3. The van der Waals surface area contributed by atoms with Crippen LogP contribution in [0.1, 0.15) is 5.69 Å². The summed E-state index contributed by atoms with van der Waals surface area (Å²) in [4.78, 5) is 7.79. The zero-order valence-electron chi connectivity index (χ0n) is 13.6. The molecule has 0 aliphatic carbocycles. The molecule has 3 aromatic rings. The molecule has 6 nitrogen and oxygen atoms in total. The van der Waals surface area contributed by atoms with E-state index in [1.807, 2.05) is 31.2 Å². The fraction of sp³-hybridized carbons (Fsp3) is 0.235. The van der Waals surface area contributed by atoms with Crippen LogP contribution in [0, 0.1) is 6.92 Å². The number of likely N-dealkylation sites (N-methyl/N-ethyl adjacent to an activating group) is 1. The largest absolute Gasteiger partial charge is 0.344 e. The van der Waals surface area contributed by atoms with Crippen LogP contribution in [0.25, 0.3) is 22.2 Å². The molecule has 0 saturated heterocycles. The normalized spacial score (nSPS) is 11.9. The zero-order valence-corrected chi connectivity index (χ0v) is 14.4. The number of sulfonamides is 1. The molecular weight excluding hydrogens is 324 g/mol. The van der Waals surface area contributed by atoms with Gasteiger partial charge in [-0.15, -0.1) is 0 Å². The molecule has 2 aromatic heterocycles. The number of pyridine rings is 1. The van der Waals surface area contributed by atoms with Crippen molar-refractivity contribution in [1.82, 2.24) is 20.0 Å². The third-order valence-corrected chi connectivity index (χ3v) is 5.29. The first-order valence-corrected chi connectivity index (χ1v) is 9.18. The summed E-state index contributed by atoms with van der Waals surface area (Å²) < 4.78 is 27.0. The van der Waals surface area contributed by atoms with Gasteiger partial charge in [-0.05, 0) is 49.4 Å². The second kappa shape index (κ2) is 6.72. The molecule has 0 aliphatic heterocycles. The molecule has 2 heterocycles. The predicted molar refractivity (Wildman–Crippen MR) is 95.4 cm³/mol. The lowest BCUT2D eigenvalue weighted by atomic mass is 10.0. The van der Waals surface area contributed by atoms with Gasteiger partial charge in [-0.25, -0.2) is 18.1 Å².